The van der Waals surface area contributed by atoms with Crippen molar-refractivity contribution in [1.82, 2.24) is 10.2 Å². The highest BCUT2D eigenvalue weighted by Crippen LogP contribution is 2.34. The van der Waals surface area contributed by atoms with Crippen molar-refractivity contribution in [2.75, 3.05) is 13.1 Å². The zero-order chi connectivity index (χ0) is 17.6. The predicted molar refractivity (Wildman–Crippen MR) is 102 cm³/mol. The molecule has 3 rings (SSSR count). The van der Waals surface area contributed by atoms with Crippen LogP contribution < -0.4 is 5.32 Å². The third-order valence-electron chi connectivity index (χ3n) is 4.87. The lowest BCUT2D eigenvalue weighted by Crippen LogP contribution is -2.44. The lowest BCUT2D eigenvalue weighted by Gasteiger charge is -2.39. The number of nitrogens with one attached hydrogen (secondary N) is 1. The maximum absolute atomic E-state index is 12.3. The first-order valence-electron chi connectivity index (χ1n) is 8.98. The second-order valence-corrected chi connectivity index (χ2v) is 7.09. The number of piperidine rings is 1. The van der Waals surface area contributed by atoms with E-state index >= 15 is 0 Å². The van der Waals surface area contributed by atoms with Crippen LogP contribution in [-0.2, 0) is 11.3 Å². The van der Waals surface area contributed by atoms with Crippen molar-refractivity contribution in [1.29, 1.82) is 0 Å². The maximum Gasteiger partial charge on any atom is 0.224 e. The van der Waals surface area contributed by atoms with Crippen LogP contribution in [0.1, 0.15) is 36.9 Å². The number of nitrogens with zero attached hydrogens (tertiary/aromatic N) is 1. The Hall–Kier alpha value is -1.84. The molecular weight excluding hydrogens is 332 g/mol. The molecule has 0 saturated carbocycles. The van der Waals surface area contributed by atoms with Crippen LogP contribution in [0.3, 0.4) is 0 Å². The van der Waals surface area contributed by atoms with Gasteiger partial charge in [-0.3, -0.25) is 9.69 Å². The lowest BCUT2D eigenvalue weighted by atomic mass is 9.88. The standard InChI is InChI=1S/C21H25ClN2O/c1-2-23-21(25)18-11-12-20(17-8-4-3-5-9-17)24(15-18)14-16-7-6-10-19(22)13-16/h3-10,13,18,20H,2,11-12,14-15H2,1H3,(H,23,25)/t18-,20+/m0/s1. The summed E-state index contributed by atoms with van der Waals surface area (Å²) >= 11 is 6.15. The second kappa shape index (κ2) is 8.50. The summed E-state index contributed by atoms with van der Waals surface area (Å²) in [4.78, 5) is 14.8. The van der Waals surface area contributed by atoms with Crippen LogP contribution in [0.4, 0.5) is 0 Å². The summed E-state index contributed by atoms with van der Waals surface area (Å²) in [6.07, 6.45) is 1.92. The summed E-state index contributed by atoms with van der Waals surface area (Å²) in [7, 11) is 0. The number of likely N-dealkylation sites (tertiary alicyclic amines) is 1. The summed E-state index contributed by atoms with van der Waals surface area (Å²) < 4.78 is 0. The second-order valence-electron chi connectivity index (χ2n) is 6.65. The van der Waals surface area contributed by atoms with Gasteiger partial charge in [-0.2, -0.15) is 0 Å². The predicted octanol–water partition coefficient (Wildman–Crippen LogP) is 4.43. The van der Waals surface area contributed by atoms with E-state index < -0.39 is 0 Å². The van der Waals surface area contributed by atoms with E-state index in [0.717, 1.165) is 31.0 Å². The zero-order valence-electron chi connectivity index (χ0n) is 14.6. The van der Waals surface area contributed by atoms with E-state index in [1.807, 2.05) is 31.2 Å². The number of carbonyl (C=O) groups is 1. The van der Waals surface area contributed by atoms with Crippen molar-refractivity contribution < 1.29 is 4.79 Å². The molecule has 0 aromatic heterocycles. The summed E-state index contributed by atoms with van der Waals surface area (Å²) in [5.41, 5.74) is 2.50. The van der Waals surface area contributed by atoms with E-state index in [9.17, 15) is 4.79 Å². The minimum absolute atomic E-state index is 0.0547. The fourth-order valence-corrected chi connectivity index (χ4v) is 3.89. The van der Waals surface area contributed by atoms with Crippen molar-refractivity contribution in [3.63, 3.8) is 0 Å². The van der Waals surface area contributed by atoms with Crippen molar-refractivity contribution in [2.45, 2.75) is 32.4 Å². The van der Waals surface area contributed by atoms with E-state index in [0.29, 0.717) is 12.6 Å². The first-order chi connectivity index (χ1) is 12.2. The molecule has 2 atom stereocenters. The van der Waals surface area contributed by atoms with E-state index in [4.69, 9.17) is 11.6 Å². The van der Waals surface area contributed by atoms with Gasteiger partial charge in [-0.05, 0) is 43.0 Å². The van der Waals surface area contributed by atoms with Crippen LogP contribution in [0.25, 0.3) is 0 Å². The molecule has 0 aliphatic carbocycles. The van der Waals surface area contributed by atoms with Gasteiger partial charge >= 0.3 is 0 Å². The first-order valence-corrected chi connectivity index (χ1v) is 9.36. The number of halogens is 1. The van der Waals surface area contributed by atoms with Gasteiger partial charge in [-0.25, -0.2) is 0 Å². The van der Waals surface area contributed by atoms with Crippen LogP contribution in [0, 0.1) is 5.92 Å². The molecule has 1 saturated heterocycles. The SMILES string of the molecule is CCNC(=O)[C@H]1CC[C@H](c2ccccc2)N(Cc2cccc(Cl)c2)C1. The Morgan fingerprint density at radius 3 is 2.68 bits per heavy atom. The van der Waals surface area contributed by atoms with Crippen molar-refractivity contribution in [3.8, 4) is 0 Å². The number of amides is 1. The third kappa shape index (κ3) is 4.62. The van der Waals surface area contributed by atoms with Crippen LogP contribution in [0.5, 0.6) is 0 Å². The van der Waals surface area contributed by atoms with Gasteiger partial charge in [0.25, 0.3) is 0 Å². The Morgan fingerprint density at radius 1 is 1.16 bits per heavy atom. The molecule has 0 radical (unpaired) electrons. The largest absolute Gasteiger partial charge is 0.356 e. The summed E-state index contributed by atoms with van der Waals surface area (Å²) in [5.74, 6) is 0.226. The van der Waals surface area contributed by atoms with Gasteiger partial charge in [0.15, 0.2) is 0 Å². The van der Waals surface area contributed by atoms with Crippen LogP contribution in [0.15, 0.2) is 54.6 Å². The quantitative estimate of drug-likeness (QED) is 0.859. The Morgan fingerprint density at radius 2 is 1.96 bits per heavy atom. The lowest BCUT2D eigenvalue weighted by molar-refractivity contribution is -0.127. The number of hydrogen-bond acceptors (Lipinski definition) is 2. The molecule has 0 bridgehead atoms. The molecule has 1 fully saturated rings. The van der Waals surface area contributed by atoms with Crippen molar-refractivity contribution in [3.05, 3.63) is 70.7 Å². The van der Waals surface area contributed by atoms with Gasteiger partial charge in [0.2, 0.25) is 5.91 Å². The van der Waals surface area contributed by atoms with Crippen molar-refractivity contribution >= 4 is 17.5 Å². The number of hydrogen-bond donors (Lipinski definition) is 1. The molecule has 25 heavy (non-hydrogen) atoms. The molecule has 4 heteroatoms. The van der Waals surface area contributed by atoms with Gasteiger partial charge in [0, 0.05) is 30.7 Å². The molecule has 3 nitrogen and oxygen atoms in total. The molecule has 2 aromatic carbocycles. The topological polar surface area (TPSA) is 32.3 Å². The maximum atomic E-state index is 12.3. The average molecular weight is 357 g/mol. The molecule has 1 aliphatic heterocycles. The molecule has 1 amide bonds. The molecule has 1 heterocycles. The monoisotopic (exact) mass is 356 g/mol. The van der Waals surface area contributed by atoms with Gasteiger partial charge < -0.3 is 5.32 Å². The minimum Gasteiger partial charge on any atom is -0.356 e. The van der Waals surface area contributed by atoms with Gasteiger partial charge in [-0.1, -0.05) is 54.1 Å². The Kier molecular flexibility index (Phi) is 6.11. The fraction of sp³-hybridized carbons (Fsp3) is 0.381. The summed E-state index contributed by atoms with van der Waals surface area (Å²) in [5, 5.41) is 3.73. The Balaban J connectivity index is 1.81. The highest BCUT2D eigenvalue weighted by atomic mass is 35.5. The van der Waals surface area contributed by atoms with Crippen LogP contribution in [0.2, 0.25) is 5.02 Å². The number of rotatable bonds is 5. The molecule has 0 spiro atoms. The Bertz CT molecular complexity index is 704. The third-order valence-corrected chi connectivity index (χ3v) is 5.10. The number of benzene rings is 2. The summed E-state index contributed by atoms with van der Waals surface area (Å²) in [6, 6.07) is 18.9. The number of carbonyl (C=O) groups excluding carboxylic acids is 1. The molecule has 0 unspecified atom stereocenters. The van der Waals surface area contributed by atoms with Gasteiger partial charge in [0.1, 0.15) is 0 Å². The van der Waals surface area contributed by atoms with E-state index in [1.54, 1.807) is 0 Å². The van der Waals surface area contributed by atoms with Crippen LogP contribution >= 0.6 is 11.6 Å². The molecular formula is C21H25ClN2O. The average Bonchev–Trinajstić information content (AvgIpc) is 2.63. The Labute approximate surface area is 155 Å². The van der Waals surface area contributed by atoms with Crippen molar-refractivity contribution in [2.24, 2.45) is 5.92 Å². The highest BCUT2D eigenvalue weighted by molar-refractivity contribution is 6.30. The zero-order valence-corrected chi connectivity index (χ0v) is 15.4. The smallest absolute Gasteiger partial charge is 0.224 e. The molecule has 1 N–H and O–H groups in total. The van der Waals surface area contributed by atoms with E-state index in [2.05, 4.69) is 40.5 Å². The molecule has 2 aromatic rings. The normalized spacial score (nSPS) is 21.0. The summed E-state index contributed by atoms with van der Waals surface area (Å²) in [6.45, 7) is 4.23. The van der Waals surface area contributed by atoms with E-state index in [1.165, 1.54) is 11.1 Å². The minimum atomic E-state index is 0.0547. The van der Waals surface area contributed by atoms with Crippen LogP contribution in [-0.4, -0.2) is 23.9 Å². The molecule has 132 valence electrons. The first kappa shape index (κ1) is 18.0. The van der Waals surface area contributed by atoms with E-state index in [-0.39, 0.29) is 11.8 Å². The van der Waals surface area contributed by atoms with Gasteiger partial charge in [-0.15, -0.1) is 0 Å². The molecule has 1 aliphatic rings. The van der Waals surface area contributed by atoms with Gasteiger partial charge in [0.05, 0.1) is 5.92 Å². The highest BCUT2D eigenvalue weighted by Gasteiger charge is 2.32. The fourth-order valence-electron chi connectivity index (χ4n) is 3.67.